The molecule has 0 bridgehead atoms. The van der Waals surface area contributed by atoms with E-state index in [0.29, 0.717) is 37.8 Å². The second kappa shape index (κ2) is 18.2. The number of carbonyl (C=O) groups excluding carboxylic acids is 4. The van der Waals surface area contributed by atoms with E-state index in [2.05, 4.69) is 43.2 Å². The first-order chi connectivity index (χ1) is 27.9. The van der Waals surface area contributed by atoms with Crippen LogP contribution < -0.4 is 21.3 Å². The Bertz CT molecular complexity index is 2130. The number of imidazole rings is 1. The zero-order valence-corrected chi connectivity index (χ0v) is 34.2. The molecule has 6 rings (SSSR count). The standard InChI is InChI=1S/C44H54F3N7O5/c1-26-22-31(39(56)49-32-18-20-54(5)21-19-32)14-16-34(26)29-10-6-27(7-11-29)23-37(40(57)50-33-15-17-35-36(24-33)53-41(52-35)44(45,46)47)51-38(55)30-12-8-28(9-13-30)25-48-42(58)59-43(2,3)4/h6-7,10-11,14-17,22,24,28,30,32,37H,8-9,12-13,18-21,23,25H2,1-5H3,(H,48,58)(H,49,56)(H,50,57)(H,51,55)(H,52,53)/t28?,30?,37-/m0/s1. The number of amides is 4. The number of benzene rings is 3. The lowest BCUT2D eigenvalue weighted by atomic mass is 9.81. The molecule has 316 valence electrons. The van der Waals surface area contributed by atoms with Crippen LogP contribution in [-0.4, -0.2) is 83.0 Å². The maximum absolute atomic E-state index is 13.9. The largest absolute Gasteiger partial charge is 0.449 e. The Labute approximate surface area is 342 Å². The van der Waals surface area contributed by atoms with E-state index in [1.54, 1.807) is 20.8 Å². The lowest BCUT2D eigenvalue weighted by Gasteiger charge is -2.29. The number of hydrogen-bond acceptors (Lipinski definition) is 7. The first-order valence-electron chi connectivity index (χ1n) is 20.2. The quantitative estimate of drug-likeness (QED) is 0.106. The number of alkyl carbamates (subject to hydrolysis) is 1. The van der Waals surface area contributed by atoms with E-state index in [0.717, 1.165) is 48.2 Å². The maximum Gasteiger partial charge on any atom is 0.449 e. The molecule has 5 N–H and O–H groups in total. The van der Waals surface area contributed by atoms with Crippen LogP contribution >= 0.6 is 0 Å². The molecule has 2 heterocycles. The van der Waals surface area contributed by atoms with Crippen molar-refractivity contribution in [2.75, 3.05) is 32.0 Å². The normalized spacial score (nSPS) is 18.5. The third-order valence-corrected chi connectivity index (χ3v) is 11.0. The Morgan fingerprint density at radius 2 is 1.61 bits per heavy atom. The van der Waals surface area contributed by atoms with Crippen molar-refractivity contribution in [2.45, 2.75) is 96.5 Å². The third-order valence-electron chi connectivity index (χ3n) is 11.0. The molecule has 2 fully saturated rings. The fraction of sp³-hybridized carbons (Fsp3) is 0.477. The minimum atomic E-state index is -4.66. The summed E-state index contributed by atoms with van der Waals surface area (Å²) >= 11 is 0. The predicted molar refractivity (Wildman–Crippen MR) is 220 cm³/mol. The summed E-state index contributed by atoms with van der Waals surface area (Å²) in [5.41, 5.74) is 4.02. The van der Waals surface area contributed by atoms with Gasteiger partial charge < -0.3 is 35.9 Å². The van der Waals surface area contributed by atoms with Crippen molar-refractivity contribution in [3.63, 3.8) is 0 Å². The number of alkyl halides is 3. The smallest absolute Gasteiger partial charge is 0.444 e. The number of rotatable bonds is 11. The molecule has 2 aliphatic rings. The molecule has 1 aliphatic carbocycles. The summed E-state index contributed by atoms with van der Waals surface area (Å²) in [5.74, 6) is -2.19. The number of fused-ring (bicyclic) bond motifs is 1. The molecule has 4 aromatic rings. The number of piperidine rings is 1. The van der Waals surface area contributed by atoms with Crippen molar-refractivity contribution in [1.29, 1.82) is 0 Å². The van der Waals surface area contributed by atoms with Gasteiger partial charge in [-0.15, -0.1) is 0 Å². The number of hydrogen-bond donors (Lipinski definition) is 5. The van der Waals surface area contributed by atoms with Gasteiger partial charge in [-0.3, -0.25) is 14.4 Å². The van der Waals surface area contributed by atoms with Crippen LogP contribution in [-0.2, 0) is 26.9 Å². The Balaban J connectivity index is 1.12. The summed E-state index contributed by atoms with van der Waals surface area (Å²) in [7, 11) is 2.08. The van der Waals surface area contributed by atoms with Crippen LogP contribution in [0.1, 0.15) is 86.6 Å². The summed E-state index contributed by atoms with van der Waals surface area (Å²) in [6, 6.07) is 16.7. The zero-order chi connectivity index (χ0) is 42.5. The third kappa shape index (κ3) is 11.8. The van der Waals surface area contributed by atoms with E-state index in [-0.39, 0.29) is 52.8 Å². The first-order valence-corrected chi connectivity index (χ1v) is 20.2. The summed E-state index contributed by atoms with van der Waals surface area (Å²) < 4.78 is 45.2. The van der Waals surface area contributed by atoms with E-state index in [4.69, 9.17) is 4.74 Å². The number of nitrogens with zero attached hydrogens (tertiary/aromatic N) is 2. The minimum absolute atomic E-state index is 0.0882. The number of likely N-dealkylation sites (tertiary alicyclic amines) is 1. The maximum atomic E-state index is 13.9. The summed E-state index contributed by atoms with van der Waals surface area (Å²) in [5, 5.41) is 11.7. The Morgan fingerprint density at radius 3 is 2.25 bits per heavy atom. The van der Waals surface area contributed by atoms with Crippen LogP contribution in [0.4, 0.5) is 23.7 Å². The summed E-state index contributed by atoms with van der Waals surface area (Å²) in [6.07, 6.45) is -0.595. The number of aromatic nitrogens is 2. The van der Waals surface area contributed by atoms with E-state index in [1.807, 2.05) is 49.4 Å². The molecule has 0 radical (unpaired) electrons. The average Bonchev–Trinajstić information content (AvgIpc) is 3.62. The van der Waals surface area contributed by atoms with Crippen molar-refractivity contribution in [2.24, 2.45) is 11.8 Å². The molecule has 4 amide bonds. The second-order valence-corrected chi connectivity index (χ2v) is 16.9. The molecular weight excluding hydrogens is 764 g/mol. The molecular formula is C44H54F3N7O5. The fourth-order valence-electron chi connectivity index (χ4n) is 7.73. The number of nitrogens with one attached hydrogen (secondary N) is 5. The molecule has 15 heteroatoms. The molecule has 1 saturated heterocycles. The van der Waals surface area contributed by atoms with Crippen LogP contribution in [0.3, 0.4) is 0 Å². The van der Waals surface area contributed by atoms with E-state index in [1.165, 1.54) is 18.2 Å². The second-order valence-electron chi connectivity index (χ2n) is 16.9. The van der Waals surface area contributed by atoms with Crippen molar-refractivity contribution in [3.05, 3.63) is 83.2 Å². The predicted octanol–water partition coefficient (Wildman–Crippen LogP) is 7.38. The van der Waals surface area contributed by atoms with Gasteiger partial charge in [0.05, 0.1) is 11.0 Å². The molecule has 1 aromatic heterocycles. The van der Waals surface area contributed by atoms with Crippen molar-refractivity contribution < 1.29 is 37.1 Å². The highest BCUT2D eigenvalue weighted by molar-refractivity contribution is 5.99. The van der Waals surface area contributed by atoms with Crippen molar-refractivity contribution in [3.8, 4) is 11.1 Å². The van der Waals surface area contributed by atoms with Gasteiger partial charge in [-0.05, 0) is 145 Å². The van der Waals surface area contributed by atoms with Gasteiger partial charge in [0.2, 0.25) is 17.6 Å². The van der Waals surface area contributed by atoms with Crippen molar-refractivity contribution >= 4 is 40.5 Å². The molecule has 1 aliphatic heterocycles. The van der Waals surface area contributed by atoms with Gasteiger partial charge in [0, 0.05) is 36.2 Å². The zero-order valence-electron chi connectivity index (χ0n) is 34.2. The van der Waals surface area contributed by atoms with E-state index >= 15 is 0 Å². The van der Waals surface area contributed by atoms with Crippen LogP contribution in [0, 0.1) is 18.8 Å². The van der Waals surface area contributed by atoms with Crippen molar-refractivity contribution in [1.82, 2.24) is 30.8 Å². The SMILES string of the molecule is Cc1cc(C(=O)NC2CCN(C)CC2)ccc1-c1ccc(C[C@H](NC(=O)C2CCC(CNC(=O)OC(C)(C)C)CC2)C(=O)Nc2ccc3nc(C(F)(F)F)[nH]c3c2)cc1. The molecule has 1 saturated carbocycles. The van der Waals surface area contributed by atoms with Gasteiger partial charge in [0.25, 0.3) is 5.91 Å². The highest BCUT2D eigenvalue weighted by Gasteiger charge is 2.35. The monoisotopic (exact) mass is 817 g/mol. The van der Waals surface area contributed by atoms with Gasteiger partial charge >= 0.3 is 12.3 Å². The van der Waals surface area contributed by atoms with Gasteiger partial charge in [-0.1, -0.05) is 30.3 Å². The number of ether oxygens (including phenoxy) is 1. The van der Waals surface area contributed by atoms with Gasteiger partial charge in [0.1, 0.15) is 11.6 Å². The summed E-state index contributed by atoms with van der Waals surface area (Å²) in [4.78, 5) is 60.9. The van der Waals surface area contributed by atoms with E-state index in [9.17, 15) is 32.3 Å². The molecule has 1 atom stereocenters. The average molecular weight is 818 g/mol. The molecule has 3 aromatic carbocycles. The first kappa shape index (κ1) is 43.1. The lowest BCUT2D eigenvalue weighted by molar-refractivity contribution is -0.144. The van der Waals surface area contributed by atoms with Crippen LogP contribution in [0.25, 0.3) is 22.2 Å². The number of halogens is 3. The highest BCUT2D eigenvalue weighted by atomic mass is 19.4. The highest BCUT2D eigenvalue weighted by Crippen LogP contribution is 2.31. The van der Waals surface area contributed by atoms with Crippen LogP contribution in [0.5, 0.6) is 0 Å². The fourth-order valence-corrected chi connectivity index (χ4v) is 7.73. The van der Waals surface area contributed by atoms with E-state index < -0.39 is 35.6 Å². The molecule has 0 spiro atoms. The Morgan fingerprint density at radius 1 is 0.915 bits per heavy atom. The summed E-state index contributed by atoms with van der Waals surface area (Å²) in [6.45, 7) is 9.69. The number of H-pyrrole nitrogens is 1. The Kier molecular flexibility index (Phi) is 13.3. The Hall–Kier alpha value is -5.44. The molecule has 59 heavy (non-hydrogen) atoms. The molecule has 0 unspecified atom stereocenters. The number of aromatic amines is 1. The van der Waals surface area contributed by atoms with Gasteiger partial charge in [0.15, 0.2) is 0 Å². The number of anilines is 1. The minimum Gasteiger partial charge on any atom is -0.444 e. The lowest BCUT2D eigenvalue weighted by Crippen LogP contribution is -2.48. The van der Waals surface area contributed by atoms with Crippen LogP contribution in [0.2, 0.25) is 0 Å². The molecule has 12 nitrogen and oxygen atoms in total. The number of aryl methyl sites for hydroxylation is 1. The van der Waals surface area contributed by atoms with Gasteiger partial charge in [-0.2, -0.15) is 13.2 Å². The van der Waals surface area contributed by atoms with Crippen LogP contribution in [0.15, 0.2) is 60.7 Å². The topological polar surface area (TPSA) is 158 Å². The number of carbonyl (C=O) groups is 4. The van der Waals surface area contributed by atoms with Gasteiger partial charge in [-0.25, -0.2) is 9.78 Å².